The summed E-state index contributed by atoms with van der Waals surface area (Å²) in [5.41, 5.74) is -0.570. The van der Waals surface area contributed by atoms with E-state index in [0.717, 1.165) is 12.8 Å². The number of hydrogen-bond acceptors (Lipinski definition) is 3. The van der Waals surface area contributed by atoms with Crippen molar-refractivity contribution in [3.05, 3.63) is 24.3 Å². The molecule has 2 N–H and O–H groups in total. The minimum atomic E-state index is -1.15. The summed E-state index contributed by atoms with van der Waals surface area (Å²) in [4.78, 5) is 25.3. The Balaban J connectivity index is 2.16. The van der Waals surface area contributed by atoms with Gasteiger partial charge < -0.3 is 20.1 Å². The summed E-state index contributed by atoms with van der Waals surface area (Å²) in [6.07, 6.45) is 2.09. The fraction of sp³-hybridized carbons (Fsp3) is 0.467. The number of carbonyl (C=O) groups excluding carboxylic acids is 1. The Labute approximate surface area is 123 Å². The molecule has 1 aromatic rings. The van der Waals surface area contributed by atoms with Gasteiger partial charge in [0.2, 0.25) is 0 Å². The molecule has 1 saturated heterocycles. The summed E-state index contributed by atoms with van der Waals surface area (Å²) in [6.45, 7) is 2.04. The molecule has 1 aliphatic heterocycles. The Hall–Kier alpha value is -2.24. The number of benzene rings is 1. The largest absolute Gasteiger partial charge is 0.497 e. The number of carboxylic acids is 1. The maximum atomic E-state index is 12.4. The normalized spacial score (nSPS) is 21.7. The van der Waals surface area contributed by atoms with Gasteiger partial charge in [0.25, 0.3) is 0 Å². The number of carboxylic acid groups (broad SMARTS) is 1. The van der Waals surface area contributed by atoms with Crippen molar-refractivity contribution in [3.63, 3.8) is 0 Å². The van der Waals surface area contributed by atoms with E-state index < -0.39 is 17.5 Å². The first kappa shape index (κ1) is 15.2. The maximum Gasteiger partial charge on any atom is 0.329 e. The lowest BCUT2D eigenvalue weighted by Crippen LogP contribution is -2.58. The van der Waals surface area contributed by atoms with Crippen molar-refractivity contribution in [2.24, 2.45) is 0 Å². The van der Waals surface area contributed by atoms with Gasteiger partial charge in [0.15, 0.2) is 0 Å². The lowest BCUT2D eigenvalue weighted by molar-refractivity contribution is -0.150. The van der Waals surface area contributed by atoms with E-state index in [4.69, 9.17) is 4.74 Å². The van der Waals surface area contributed by atoms with E-state index in [1.807, 2.05) is 0 Å². The van der Waals surface area contributed by atoms with Crippen molar-refractivity contribution >= 4 is 17.7 Å². The molecule has 0 spiro atoms. The fourth-order valence-electron chi connectivity index (χ4n) is 2.56. The molecule has 0 aromatic heterocycles. The van der Waals surface area contributed by atoms with Crippen molar-refractivity contribution in [1.29, 1.82) is 0 Å². The van der Waals surface area contributed by atoms with Crippen molar-refractivity contribution in [2.45, 2.75) is 31.7 Å². The number of aliphatic carboxylic acids is 1. The molecule has 1 unspecified atom stereocenters. The zero-order chi connectivity index (χ0) is 15.5. The van der Waals surface area contributed by atoms with Crippen LogP contribution in [-0.2, 0) is 4.79 Å². The van der Waals surface area contributed by atoms with E-state index in [9.17, 15) is 14.7 Å². The highest BCUT2D eigenvalue weighted by Gasteiger charge is 2.43. The molecule has 0 saturated carbocycles. The van der Waals surface area contributed by atoms with Crippen LogP contribution in [0, 0.1) is 0 Å². The topological polar surface area (TPSA) is 78.9 Å². The minimum Gasteiger partial charge on any atom is -0.497 e. The molecule has 1 heterocycles. The molecule has 114 valence electrons. The van der Waals surface area contributed by atoms with Crippen LogP contribution in [0.15, 0.2) is 24.3 Å². The second-order valence-corrected chi connectivity index (χ2v) is 5.35. The fourth-order valence-corrected chi connectivity index (χ4v) is 2.56. The Morgan fingerprint density at radius 2 is 2.14 bits per heavy atom. The van der Waals surface area contributed by atoms with Gasteiger partial charge in [-0.1, -0.05) is 6.07 Å². The summed E-state index contributed by atoms with van der Waals surface area (Å²) < 4.78 is 5.10. The van der Waals surface area contributed by atoms with Crippen LogP contribution in [0.3, 0.4) is 0 Å². The molecular weight excluding hydrogens is 272 g/mol. The summed E-state index contributed by atoms with van der Waals surface area (Å²) in [6, 6.07) is 6.58. The standard InChI is InChI=1S/C15H20N2O4/c1-15(13(18)19)8-3-4-9-17(15)14(20)16-11-6-5-7-12(10-11)21-2/h5-7,10H,3-4,8-9H2,1-2H3,(H,16,20)(H,18,19). The number of methoxy groups -OCH3 is 1. The Morgan fingerprint density at radius 1 is 1.38 bits per heavy atom. The van der Waals surface area contributed by atoms with Gasteiger partial charge >= 0.3 is 12.0 Å². The average molecular weight is 292 g/mol. The molecule has 0 radical (unpaired) electrons. The highest BCUT2D eigenvalue weighted by atomic mass is 16.5. The predicted molar refractivity (Wildman–Crippen MR) is 78.6 cm³/mol. The zero-order valence-electron chi connectivity index (χ0n) is 12.3. The lowest BCUT2D eigenvalue weighted by atomic mass is 9.89. The van der Waals surface area contributed by atoms with Gasteiger partial charge in [-0.2, -0.15) is 0 Å². The van der Waals surface area contributed by atoms with Crippen LogP contribution in [0.4, 0.5) is 10.5 Å². The number of hydrogen-bond donors (Lipinski definition) is 2. The van der Waals surface area contributed by atoms with Crippen LogP contribution in [-0.4, -0.2) is 41.2 Å². The van der Waals surface area contributed by atoms with Gasteiger partial charge in [0, 0.05) is 18.3 Å². The molecule has 0 bridgehead atoms. The summed E-state index contributed by atoms with van der Waals surface area (Å²) >= 11 is 0. The Bertz CT molecular complexity index is 546. The van der Waals surface area contributed by atoms with Gasteiger partial charge in [0.1, 0.15) is 11.3 Å². The van der Waals surface area contributed by atoms with Crippen LogP contribution in [0.25, 0.3) is 0 Å². The SMILES string of the molecule is COc1cccc(NC(=O)N2CCCCC2(C)C(=O)O)c1. The van der Waals surface area contributed by atoms with E-state index in [1.165, 1.54) is 4.90 Å². The van der Waals surface area contributed by atoms with Crippen LogP contribution in [0.5, 0.6) is 5.75 Å². The predicted octanol–water partition coefficient (Wildman–Crippen LogP) is 2.56. The molecule has 1 fully saturated rings. The minimum absolute atomic E-state index is 0.396. The second kappa shape index (κ2) is 6.03. The van der Waals surface area contributed by atoms with Crippen LogP contribution >= 0.6 is 0 Å². The smallest absolute Gasteiger partial charge is 0.329 e. The third kappa shape index (κ3) is 3.09. The van der Waals surface area contributed by atoms with E-state index in [-0.39, 0.29) is 0 Å². The molecule has 0 aliphatic carbocycles. The molecule has 6 heteroatoms. The molecule has 1 aromatic carbocycles. The van der Waals surface area contributed by atoms with Gasteiger partial charge in [-0.25, -0.2) is 9.59 Å². The number of nitrogens with zero attached hydrogens (tertiary/aromatic N) is 1. The van der Waals surface area contributed by atoms with Crippen LogP contribution < -0.4 is 10.1 Å². The summed E-state index contributed by atoms with van der Waals surface area (Å²) in [7, 11) is 1.55. The molecule has 1 atom stereocenters. The number of anilines is 1. The maximum absolute atomic E-state index is 12.4. The average Bonchev–Trinajstić information content (AvgIpc) is 2.47. The molecule has 2 amide bonds. The number of ether oxygens (including phenoxy) is 1. The molecule has 2 rings (SSSR count). The van der Waals surface area contributed by atoms with Gasteiger partial charge in [0.05, 0.1) is 7.11 Å². The highest BCUT2D eigenvalue weighted by Crippen LogP contribution is 2.29. The first-order chi connectivity index (χ1) is 9.97. The summed E-state index contributed by atoms with van der Waals surface area (Å²) in [5.74, 6) is -0.338. The quantitative estimate of drug-likeness (QED) is 0.897. The lowest BCUT2D eigenvalue weighted by Gasteiger charge is -2.41. The Morgan fingerprint density at radius 3 is 2.81 bits per heavy atom. The van der Waals surface area contributed by atoms with Crippen molar-refractivity contribution in [2.75, 3.05) is 19.0 Å². The Kier molecular flexibility index (Phi) is 4.35. The number of nitrogens with one attached hydrogen (secondary N) is 1. The number of likely N-dealkylation sites (tertiary alicyclic amines) is 1. The first-order valence-electron chi connectivity index (χ1n) is 6.93. The zero-order valence-corrected chi connectivity index (χ0v) is 12.3. The van der Waals surface area contributed by atoms with E-state index in [0.29, 0.717) is 24.4 Å². The van der Waals surface area contributed by atoms with Gasteiger partial charge in [-0.15, -0.1) is 0 Å². The number of rotatable bonds is 3. The van der Waals surface area contributed by atoms with Crippen molar-refractivity contribution in [3.8, 4) is 5.75 Å². The van der Waals surface area contributed by atoms with Crippen molar-refractivity contribution < 1.29 is 19.4 Å². The van der Waals surface area contributed by atoms with Gasteiger partial charge in [-0.05, 0) is 38.3 Å². The molecular formula is C15H20N2O4. The van der Waals surface area contributed by atoms with Crippen LogP contribution in [0.1, 0.15) is 26.2 Å². The molecule has 21 heavy (non-hydrogen) atoms. The van der Waals surface area contributed by atoms with Gasteiger partial charge in [-0.3, -0.25) is 0 Å². The van der Waals surface area contributed by atoms with Crippen molar-refractivity contribution in [1.82, 2.24) is 4.90 Å². The highest BCUT2D eigenvalue weighted by molar-refractivity contribution is 5.94. The van der Waals surface area contributed by atoms with E-state index >= 15 is 0 Å². The van der Waals surface area contributed by atoms with E-state index in [1.54, 1.807) is 38.3 Å². The number of amides is 2. The molecule has 6 nitrogen and oxygen atoms in total. The third-order valence-electron chi connectivity index (χ3n) is 3.92. The summed E-state index contributed by atoms with van der Waals surface area (Å²) in [5, 5.41) is 12.2. The number of carbonyl (C=O) groups is 2. The second-order valence-electron chi connectivity index (χ2n) is 5.35. The first-order valence-corrected chi connectivity index (χ1v) is 6.93. The van der Waals surface area contributed by atoms with E-state index in [2.05, 4.69) is 5.32 Å². The number of piperidine rings is 1. The van der Waals surface area contributed by atoms with Crippen LogP contribution in [0.2, 0.25) is 0 Å². The number of urea groups is 1. The monoisotopic (exact) mass is 292 g/mol. The molecule has 1 aliphatic rings. The third-order valence-corrected chi connectivity index (χ3v) is 3.92.